The molecule has 1 aliphatic rings. The van der Waals surface area contributed by atoms with E-state index in [4.69, 9.17) is 0 Å². The minimum absolute atomic E-state index is 0.132. The molecular formula is C15H14N4O2. The van der Waals surface area contributed by atoms with Gasteiger partial charge in [0, 0.05) is 31.2 Å². The van der Waals surface area contributed by atoms with E-state index in [0.717, 1.165) is 11.1 Å². The van der Waals surface area contributed by atoms with Crippen molar-refractivity contribution in [2.45, 2.75) is 19.4 Å². The molecule has 6 heteroatoms. The van der Waals surface area contributed by atoms with Crippen LogP contribution in [0.1, 0.15) is 17.5 Å². The SMILES string of the molecule is O=C1CC(Cc2cncnc2)C(=O)N1Cc1cccnc1. The average Bonchev–Trinajstić information content (AvgIpc) is 2.77. The van der Waals surface area contributed by atoms with Gasteiger partial charge in [-0.1, -0.05) is 6.07 Å². The Morgan fingerprint density at radius 2 is 1.86 bits per heavy atom. The summed E-state index contributed by atoms with van der Waals surface area (Å²) in [5.41, 5.74) is 1.72. The van der Waals surface area contributed by atoms with Crippen molar-refractivity contribution in [2.24, 2.45) is 5.92 Å². The minimum atomic E-state index is -0.319. The summed E-state index contributed by atoms with van der Waals surface area (Å²) in [6.45, 7) is 0.285. The minimum Gasteiger partial charge on any atom is -0.278 e. The fourth-order valence-electron chi connectivity index (χ4n) is 2.47. The average molecular weight is 282 g/mol. The first-order valence-corrected chi connectivity index (χ1v) is 6.71. The van der Waals surface area contributed by atoms with Gasteiger partial charge in [0.1, 0.15) is 6.33 Å². The number of hydrogen-bond donors (Lipinski definition) is 0. The topological polar surface area (TPSA) is 76.1 Å². The third-order valence-electron chi connectivity index (χ3n) is 3.50. The number of rotatable bonds is 4. The molecule has 1 aliphatic heterocycles. The Balaban J connectivity index is 1.70. The molecule has 21 heavy (non-hydrogen) atoms. The molecule has 0 radical (unpaired) electrons. The first-order valence-electron chi connectivity index (χ1n) is 6.71. The quantitative estimate of drug-likeness (QED) is 0.782. The maximum absolute atomic E-state index is 12.4. The van der Waals surface area contributed by atoms with Crippen molar-refractivity contribution in [3.8, 4) is 0 Å². The third-order valence-corrected chi connectivity index (χ3v) is 3.50. The molecule has 0 aromatic carbocycles. The molecule has 0 spiro atoms. The zero-order valence-corrected chi connectivity index (χ0v) is 11.3. The van der Waals surface area contributed by atoms with Crippen LogP contribution in [0.3, 0.4) is 0 Å². The van der Waals surface area contributed by atoms with Gasteiger partial charge in [0.25, 0.3) is 0 Å². The number of imide groups is 1. The van der Waals surface area contributed by atoms with Crippen molar-refractivity contribution >= 4 is 11.8 Å². The summed E-state index contributed by atoms with van der Waals surface area (Å²) >= 11 is 0. The van der Waals surface area contributed by atoms with E-state index in [-0.39, 0.29) is 30.7 Å². The number of aromatic nitrogens is 3. The number of carbonyl (C=O) groups excluding carboxylic acids is 2. The van der Waals surface area contributed by atoms with Gasteiger partial charge in [0.15, 0.2) is 0 Å². The Bertz CT molecular complexity index is 645. The monoisotopic (exact) mass is 282 g/mol. The van der Waals surface area contributed by atoms with E-state index in [1.807, 2.05) is 6.07 Å². The molecule has 2 amide bonds. The molecule has 0 aliphatic carbocycles. The van der Waals surface area contributed by atoms with E-state index in [0.29, 0.717) is 6.42 Å². The fraction of sp³-hybridized carbons (Fsp3) is 0.267. The first-order chi connectivity index (χ1) is 10.2. The Kier molecular flexibility index (Phi) is 3.68. The maximum atomic E-state index is 12.4. The molecule has 1 unspecified atom stereocenters. The van der Waals surface area contributed by atoms with Gasteiger partial charge in [-0.25, -0.2) is 9.97 Å². The van der Waals surface area contributed by atoms with Crippen molar-refractivity contribution < 1.29 is 9.59 Å². The molecule has 0 N–H and O–H groups in total. The van der Waals surface area contributed by atoms with Gasteiger partial charge in [-0.2, -0.15) is 0 Å². The van der Waals surface area contributed by atoms with Crippen molar-refractivity contribution in [1.29, 1.82) is 0 Å². The molecule has 1 atom stereocenters. The van der Waals surface area contributed by atoms with Gasteiger partial charge < -0.3 is 0 Å². The van der Waals surface area contributed by atoms with Crippen LogP contribution in [0.4, 0.5) is 0 Å². The maximum Gasteiger partial charge on any atom is 0.233 e. The third kappa shape index (κ3) is 2.94. The largest absolute Gasteiger partial charge is 0.278 e. The lowest BCUT2D eigenvalue weighted by molar-refractivity contribution is -0.140. The summed E-state index contributed by atoms with van der Waals surface area (Å²) in [6, 6.07) is 3.64. The standard InChI is InChI=1S/C15H14N4O2/c20-14-5-13(4-12-7-17-10-18-8-12)15(21)19(14)9-11-2-1-3-16-6-11/h1-3,6-8,10,13H,4-5,9H2. The second-order valence-electron chi connectivity index (χ2n) is 5.03. The Hall–Kier alpha value is -2.63. The van der Waals surface area contributed by atoms with Crippen LogP contribution in [0.2, 0.25) is 0 Å². The van der Waals surface area contributed by atoms with Crippen LogP contribution in [0, 0.1) is 5.92 Å². The van der Waals surface area contributed by atoms with Crippen LogP contribution >= 0.6 is 0 Å². The molecule has 2 aromatic heterocycles. The normalized spacial score (nSPS) is 18.3. The number of carbonyl (C=O) groups is 2. The number of likely N-dealkylation sites (tertiary alicyclic amines) is 1. The molecule has 106 valence electrons. The van der Waals surface area contributed by atoms with Crippen LogP contribution in [0.15, 0.2) is 43.2 Å². The Morgan fingerprint density at radius 1 is 1.10 bits per heavy atom. The summed E-state index contributed by atoms with van der Waals surface area (Å²) in [4.78, 5) is 37.6. The fourth-order valence-corrected chi connectivity index (χ4v) is 2.47. The number of hydrogen-bond acceptors (Lipinski definition) is 5. The van der Waals surface area contributed by atoms with Gasteiger partial charge in [0.2, 0.25) is 11.8 Å². The second kappa shape index (κ2) is 5.78. The molecular weight excluding hydrogens is 268 g/mol. The van der Waals surface area contributed by atoms with Gasteiger partial charge in [-0.05, 0) is 23.6 Å². The van der Waals surface area contributed by atoms with E-state index in [9.17, 15) is 9.59 Å². The second-order valence-corrected chi connectivity index (χ2v) is 5.03. The molecule has 0 bridgehead atoms. The van der Waals surface area contributed by atoms with Gasteiger partial charge in [0.05, 0.1) is 12.5 Å². The zero-order chi connectivity index (χ0) is 14.7. The Labute approximate surface area is 121 Å². The zero-order valence-electron chi connectivity index (χ0n) is 11.3. The highest BCUT2D eigenvalue weighted by Gasteiger charge is 2.38. The van der Waals surface area contributed by atoms with E-state index >= 15 is 0 Å². The first kappa shape index (κ1) is 13.4. The van der Waals surface area contributed by atoms with Gasteiger partial charge >= 0.3 is 0 Å². The Morgan fingerprint density at radius 3 is 2.57 bits per heavy atom. The summed E-state index contributed by atoms with van der Waals surface area (Å²) in [5.74, 6) is -0.585. The van der Waals surface area contributed by atoms with Crippen LogP contribution < -0.4 is 0 Å². The molecule has 1 fully saturated rings. The van der Waals surface area contributed by atoms with E-state index < -0.39 is 0 Å². The highest BCUT2D eigenvalue weighted by molar-refractivity contribution is 6.03. The van der Waals surface area contributed by atoms with Crippen molar-refractivity contribution in [2.75, 3.05) is 0 Å². The predicted molar refractivity (Wildman–Crippen MR) is 73.6 cm³/mol. The molecule has 0 saturated carbocycles. The van der Waals surface area contributed by atoms with Crippen molar-refractivity contribution in [3.63, 3.8) is 0 Å². The molecule has 3 rings (SSSR count). The smallest absolute Gasteiger partial charge is 0.233 e. The summed E-state index contributed by atoms with van der Waals surface area (Å²) in [6.07, 6.45) is 8.86. The summed E-state index contributed by atoms with van der Waals surface area (Å²) in [7, 11) is 0. The highest BCUT2D eigenvalue weighted by atomic mass is 16.2. The molecule has 2 aromatic rings. The van der Waals surface area contributed by atoms with Crippen molar-refractivity contribution in [3.05, 3.63) is 54.4 Å². The molecule has 6 nitrogen and oxygen atoms in total. The van der Waals surface area contributed by atoms with E-state index in [1.165, 1.54) is 11.2 Å². The molecule has 3 heterocycles. The predicted octanol–water partition coefficient (Wildman–Crippen LogP) is 0.989. The van der Waals surface area contributed by atoms with Crippen LogP contribution in [-0.4, -0.2) is 31.7 Å². The van der Waals surface area contributed by atoms with Crippen molar-refractivity contribution in [1.82, 2.24) is 19.9 Å². The van der Waals surface area contributed by atoms with E-state index in [2.05, 4.69) is 15.0 Å². The molecule has 1 saturated heterocycles. The summed E-state index contributed by atoms with van der Waals surface area (Å²) in [5, 5.41) is 0. The van der Waals surface area contributed by atoms with Crippen LogP contribution in [-0.2, 0) is 22.6 Å². The number of amides is 2. The number of nitrogens with zero attached hydrogens (tertiary/aromatic N) is 4. The van der Waals surface area contributed by atoms with E-state index in [1.54, 1.807) is 30.9 Å². The highest BCUT2D eigenvalue weighted by Crippen LogP contribution is 2.24. The number of pyridine rings is 1. The van der Waals surface area contributed by atoms with Gasteiger partial charge in [-0.3, -0.25) is 19.5 Å². The summed E-state index contributed by atoms with van der Waals surface area (Å²) < 4.78 is 0. The lowest BCUT2D eigenvalue weighted by Crippen LogP contribution is -2.30. The lowest BCUT2D eigenvalue weighted by Gasteiger charge is -2.14. The lowest BCUT2D eigenvalue weighted by atomic mass is 10.00. The van der Waals surface area contributed by atoms with Gasteiger partial charge in [-0.15, -0.1) is 0 Å². The van der Waals surface area contributed by atoms with Crippen LogP contribution in [0.5, 0.6) is 0 Å². The van der Waals surface area contributed by atoms with Crippen LogP contribution in [0.25, 0.3) is 0 Å².